The lowest BCUT2D eigenvalue weighted by atomic mass is 10.0. The molecule has 1 atom stereocenters. The van der Waals surface area contributed by atoms with Crippen LogP contribution in [0.1, 0.15) is 26.3 Å². The highest BCUT2D eigenvalue weighted by molar-refractivity contribution is 5.86. The van der Waals surface area contributed by atoms with Crippen LogP contribution in [0.2, 0.25) is 0 Å². The van der Waals surface area contributed by atoms with E-state index in [1.165, 1.54) is 0 Å². The van der Waals surface area contributed by atoms with Gasteiger partial charge in [-0.25, -0.2) is 4.39 Å². The van der Waals surface area contributed by atoms with E-state index in [2.05, 4.69) is 31.0 Å². The van der Waals surface area contributed by atoms with Crippen LogP contribution < -0.4 is 5.32 Å². The average molecular weight is 288 g/mol. The normalized spacial score (nSPS) is 13.0. The Morgan fingerprint density at radius 3 is 2.38 bits per heavy atom. The predicted molar refractivity (Wildman–Crippen MR) is 88.0 cm³/mol. The summed E-state index contributed by atoms with van der Waals surface area (Å²) in [5.74, 6) is -0.148. The maximum Gasteiger partial charge on any atom is 0.131 e. The molecule has 3 heteroatoms. The lowest BCUT2D eigenvalue weighted by molar-refractivity contribution is 0.271. The molecule has 2 rings (SSSR count). The molecule has 0 saturated heterocycles. The van der Waals surface area contributed by atoms with Crippen molar-refractivity contribution in [2.75, 3.05) is 19.6 Å². The van der Waals surface area contributed by atoms with Crippen LogP contribution in [0, 0.1) is 5.82 Å². The highest BCUT2D eigenvalue weighted by atomic mass is 19.1. The van der Waals surface area contributed by atoms with E-state index >= 15 is 0 Å². The van der Waals surface area contributed by atoms with Crippen LogP contribution in [0.25, 0.3) is 10.8 Å². The molecule has 0 radical (unpaired) electrons. The molecule has 0 heterocycles. The molecule has 0 aliphatic rings. The minimum absolute atomic E-state index is 0.148. The van der Waals surface area contributed by atoms with Gasteiger partial charge in [-0.05, 0) is 37.0 Å². The first kappa shape index (κ1) is 15.9. The van der Waals surface area contributed by atoms with Gasteiger partial charge in [-0.15, -0.1) is 0 Å². The zero-order chi connectivity index (χ0) is 15.2. The summed E-state index contributed by atoms with van der Waals surface area (Å²) in [4.78, 5) is 2.40. The van der Waals surface area contributed by atoms with Crippen molar-refractivity contribution in [3.63, 3.8) is 0 Å². The summed E-state index contributed by atoms with van der Waals surface area (Å²) in [6.45, 7) is 10.5. The molecule has 0 aliphatic carbocycles. The van der Waals surface area contributed by atoms with Crippen LogP contribution >= 0.6 is 0 Å². The lowest BCUT2D eigenvalue weighted by Crippen LogP contribution is -2.38. The Hall–Kier alpha value is -1.45. The van der Waals surface area contributed by atoms with Gasteiger partial charge in [0.25, 0.3) is 0 Å². The third kappa shape index (κ3) is 4.02. The Labute approximate surface area is 127 Å². The molecule has 0 saturated carbocycles. The molecule has 0 spiro atoms. The maximum absolute atomic E-state index is 13.8. The maximum atomic E-state index is 13.8. The van der Waals surface area contributed by atoms with E-state index in [-0.39, 0.29) is 5.82 Å². The van der Waals surface area contributed by atoms with Crippen molar-refractivity contribution in [2.24, 2.45) is 0 Å². The van der Waals surface area contributed by atoms with Gasteiger partial charge in [-0.3, -0.25) is 0 Å². The smallest absolute Gasteiger partial charge is 0.131 e. The number of halogens is 1. The number of benzene rings is 2. The van der Waals surface area contributed by atoms with Crippen LogP contribution in [0.5, 0.6) is 0 Å². The lowest BCUT2D eigenvalue weighted by Gasteiger charge is -2.23. The minimum Gasteiger partial charge on any atom is -0.309 e. The summed E-state index contributed by atoms with van der Waals surface area (Å²) in [5.41, 5.74) is 1.15. The van der Waals surface area contributed by atoms with Gasteiger partial charge < -0.3 is 10.2 Å². The largest absolute Gasteiger partial charge is 0.309 e. The molecule has 2 aromatic carbocycles. The molecule has 0 aromatic heterocycles. The van der Waals surface area contributed by atoms with Crippen molar-refractivity contribution in [1.29, 1.82) is 0 Å². The third-order valence-electron chi connectivity index (χ3n) is 4.03. The van der Waals surface area contributed by atoms with Crippen LogP contribution in [0.15, 0.2) is 36.4 Å². The second-order valence-electron chi connectivity index (χ2n) is 5.52. The monoisotopic (exact) mass is 288 g/mol. The van der Waals surface area contributed by atoms with E-state index in [9.17, 15) is 4.39 Å². The molecule has 0 fully saturated rings. The van der Waals surface area contributed by atoms with Gasteiger partial charge in [0.05, 0.1) is 0 Å². The Balaban J connectivity index is 2.05. The number of likely N-dealkylation sites (N-methyl/N-ethyl adjacent to an activating group) is 1. The molecule has 1 unspecified atom stereocenters. The van der Waals surface area contributed by atoms with E-state index in [1.807, 2.05) is 30.3 Å². The van der Waals surface area contributed by atoms with Crippen molar-refractivity contribution < 1.29 is 4.39 Å². The fourth-order valence-electron chi connectivity index (χ4n) is 2.70. The van der Waals surface area contributed by atoms with Gasteiger partial charge in [0.1, 0.15) is 5.82 Å². The fourth-order valence-corrected chi connectivity index (χ4v) is 2.70. The number of nitrogens with one attached hydrogen (secondary N) is 1. The van der Waals surface area contributed by atoms with Crippen molar-refractivity contribution >= 4 is 10.8 Å². The van der Waals surface area contributed by atoms with Gasteiger partial charge in [-0.2, -0.15) is 0 Å². The van der Waals surface area contributed by atoms with Gasteiger partial charge in [0.2, 0.25) is 0 Å². The molecular weight excluding hydrogens is 263 g/mol. The van der Waals surface area contributed by atoms with Crippen molar-refractivity contribution in [3.05, 3.63) is 47.8 Å². The molecular formula is C18H25FN2. The number of hydrogen-bond acceptors (Lipinski definition) is 2. The van der Waals surface area contributed by atoms with E-state index in [4.69, 9.17) is 0 Å². The third-order valence-corrected chi connectivity index (χ3v) is 4.03. The Bertz CT molecular complexity index is 578. The van der Waals surface area contributed by atoms with E-state index in [0.29, 0.717) is 11.4 Å². The molecule has 0 amide bonds. The van der Waals surface area contributed by atoms with Crippen molar-refractivity contribution in [2.45, 2.75) is 33.4 Å². The summed E-state index contributed by atoms with van der Waals surface area (Å²) >= 11 is 0. The topological polar surface area (TPSA) is 15.3 Å². The molecule has 0 bridgehead atoms. The molecule has 2 aromatic rings. The molecule has 2 nitrogen and oxygen atoms in total. The highest BCUT2D eigenvalue weighted by Crippen LogP contribution is 2.21. The van der Waals surface area contributed by atoms with E-state index in [1.54, 1.807) is 6.07 Å². The molecule has 114 valence electrons. The molecule has 1 N–H and O–H groups in total. The number of fused-ring (bicyclic) bond motifs is 1. The quantitative estimate of drug-likeness (QED) is 0.833. The second-order valence-corrected chi connectivity index (χ2v) is 5.52. The first-order chi connectivity index (χ1) is 10.2. The summed E-state index contributed by atoms with van der Waals surface area (Å²) < 4.78 is 13.8. The Morgan fingerprint density at radius 2 is 1.71 bits per heavy atom. The van der Waals surface area contributed by atoms with Gasteiger partial charge in [0, 0.05) is 24.5 Å². The number of nitrogens with zero attached hydrogens (tertiary/aromatic N) is 1. The fraction of sp³-hybridized carbons (Fsp3) is 0.444. The van der Waals surface area contributed by atoms with Crippen LogP contribution in [0.4, 0.5) is 4.39 Å². The van der Waals surface area contributed by atoms with Crippen LogP contribution in [-0.4, -0.2) is 30.6 Å². The number of rotatable bonds is 7. The van der Waals surface area contributed by atoms with Crippen molar-refractivity contribution in [1.82, 2.24) is 10.2 Å². The minimum atomic E-state index is -0.148. The van der Waals surface area contributed by atoms with E-state index < -0.39 is 0 Å². The highest BCUT2D eigenvalue weighted by Gasteiger charge is 2.09. The first-order valence-electron chi connectivity index (χ1n) is 7.77. The van der Waals surface area contributed by atoms with E-state index in [0.717, 1.165) is 37.1 Å². The molecule has 21 heavy (non-hydrogen) atoms. The zero-order valence-electron chi connectivity index (χ0n) is 13.2. The SMILES string of the molecule is CCN(CC)CC(C)NCc1ccc(F)c2ccccc12. The van der Waals surface area contributed by atoms with Crippen LogP contribution in [0.3, 0.4) is 0 Å². The summed E-state index contributed by atoms with van der Waals surface area (Å²) in [5, 5.41) is 5.25. The Morgan fingerprint density at radius 1 is 1.05 bits per heavy atom. The summed E-state index contributed by atoms with van der Waals surface area (Å²) in [6, 6.07) is 11.5. The summed E-state index contributed by atoms with van der Waals surface area (Å²) in [7, 11) is 0. The predicted octanol–water partition coefficient (Wildman–Crippen LogP) is 3.80. The standard InChI is InChI=1S/C18H25FN2/c1-4-21(5-2)13-14(3)20-12-15-10-11-18(19)17-9-7-6-8-16(15)17/h6-11,14,20H,4-5,12-13H2,1-3H3. The first-order valence-corrected chi connectivity index (χ1v) is 7.77. The average Bonchev–Trinajstić information content (AvgIpc) is 2.52. The van der Waals surface area contributed by atoms with Gasteiger partial charge >= 0.3 is 0 Å². The van der Waals surface area contributed by atoms with Gasteiger partial charge in [0.15, 0.2) is 0 Å². The van der Waals surface area contributed by atoms with Crippen molar-refractivity contribution in [3.8, 4) is 0 Å². The molecule has 0 aliphatic heterocycles. The Kier molecular flexibility index (Phi) is 5.71. The second kappa shape index (κ2) is 7.53. The zero-order valence-corrected chi connectivity index (χ0v) is 13.2. The summed E-state index contributed by atoms with van der Waals surface area (Å²) in [6.07, 6.45) is 0. The van der Waals surface area contributed by atoms with Crippen LogP contribution in [-0.2, 0) is 6.54 Å². The van der Waals surface area contributed by atoms with Gasteiger partial charge in [-0.1, -0.05) is 44.2 Å². The number of hydrogen-bond donors (Lipinski definition) is 1.